The third-order valence-corrected chi connectivity index (χ3v) is 5.24. The van der Waals surface area contributed by atoms with Crippen molar-refractivity contribution < 1.29 is 14.6 Å². The number of likely N-dealkylation sites (tertiary alicyclic amines) is 2. The van der Waals surface area contributed by atoms with E-state index in [1.807, 2.05) is 12.1 Å². The molecule has 2 unspecified atom stereocenters. The predicted molar refractivity (Wildman–Crippen MR) is 90.7 cm³/mol. The number of nitro groups is 1. The van der Waals surface area contributed by atoms with Crippen LogP contribution in [0.2, 0.25) is 0 Å². The number of hydrogen-bond donors (Lipinski definition) is 1. The summed E-state index contributed by atoms with van der Waals surface area (Å²) < 4.78 is 0. The van der Waals surface area contributed by atoms with E-state index in [0.29, 0.717) is 5.91 Å². The molecule has 2 aliphatic rings. The van der Waals surface area contributed by atoms with Gasteiger partial charge in [-0.2, -0.15) is 0 Å². The highest BCUT2D eigenvalue weighted by Gasteiger charge is 2.32. The molecule has 130 valence electrons. The minimum Gasteiger partial charge on any atom is -0.342 e. The van der Waals surface area contributed by atoms with Crippen LogP contribution in [0.5, 0.6) is 0 Å². The Kier molecular flexibility index (Phi) is 5.45. The van der Waals surface area contributed by atoms with Crippen LogP contribution >= 0.6 is 0 Å². The van der Waals surface area contributed by atoms with Gasteiger partial charge in [0, 0.05) is 30.8 Å². The highest BCUT2D eigenvalue weighted by molar-refractivity contribution is 5.79. The summed E-state index contributed by atoms with van der Waals surface area (Å²) in [4.78, 5) is 26.5. The van der Waals surface area contributed by atoms with E-state index in [0.717, 1.165) is 64.0 Å². The molecule has 2 aliphatic heterocycles. The van der Waals surface area contributed by atoms with Gasteiger partial charge in [0.05, 0.1) is 23.9 Å². The summed E-state index contributed by atoms with van der Waals surface area (Å²) in [5.41, 5.74) is 1.23. The number of benzene rings is 1. The topological polar surface area (TPSA) is 67.9 Å². The number of hydrogen-bond acceptors (Lipinski definition) is 3. The minimum atomic E-state index is -0.370. The van der Waals surface area contributed by atoms with Gasteiger partial charge >= 0.3 is 0 Å². The van der Waals surface area contributed by atoms with Crippen molar-refractivity contribution in [3.05, 3.63) is 39.9 Å². The summed E-state index contributed by atoms with van der Waals surface area (Å²) in [6, 6.07) is 6.80. The highest BCUT2D eigenvalue weighted by Crippen LogP contribution is 2.17. The quantitative estimate of drug-likeness (QED) is 0.669. The van der Waals surface area contributed by atoms with Crippen LogP contribution in [0.1, 0.15) is 37.7 Å². The van der Waals surface area contributed by atoms with Crippen LogP contribution in [0.4, 0.5) is 5.69 Å². The molecular weight excluding hydrogens is 306 g/mol. The van der Waals surface area contributed by atoms with Crippen LogP contribution in [0, 0.1) is 16.0 Å². The Hall–Kier alpha value is -1.95. The van der Waals surface area contributed by atoms with Gasteiger partial charge in [-0.05, 0) is 44.2 Å². The lowest BCUT2D eigenvalue weighted by Gasteiger charge is -2.34. The number of quaternary nitrogens is 1. The van der Waals surface area contributed by atoms with E-state index in [1.54, 1.807) is 12.1 Å². The van der Waals surface area contributed by atoms with Gasteiger partial charge in [-0.25, -0.2) is 0 Å². The van der Waals surface area contributed by atoms with Crippen molar-refractivity contribution in [1.82, 2.24) is 4.90 Å². The molecule has 6 nitrogen and oxygen atoms in total. The molecule has 2 atom stereocenters. The zero-order valence-corrected chi connectivity index (χ0v) is 14.1. The molecule has 1 aromatic carbocycles. The van der Waals surface area contributed by atoms with Crippen molar-refractivity contribution in [2.75, 3.05) is 26.2 Å². The van der Waals surface area contributed by atoms with E-state index in [2.05, 4.69) is 4.90 Å². The smallest absolute Gasteiger partial charge is 0.269 e. The Morgan fingerprint density at radius 3 is 2.54 bits per heavy atom. The normalized spacial score (nSPS) is 24.6. The average molecular weight is 332 g/mol. The molecule has 3 rings (SSSR count). The number of amides is 1. The summed E-state index contributed by atoms with van der Waals surface area (Å²) in [6.45, 7) is 4.63. The Morgan fingerprint density at radius 1 is 1.17 bits per heavy atom. The molecule has 2 fully saturated rings. The third kappa shape index (κ3) is 4.12. The predicted octanol–water partition coefficient (Wildman–Crippen LogP) is 1.40. The molecular formula is C18H26N3O3+. The second-order valence-corrected chi connectivity index (χ2v) is 7.03. The largest absolute Gasteiger partial charge is 0.342 e. The summed E-state index contributed by atoms with van der Waals surface area (Å²) in [5, 5.41) is 10.7. The first-order valence-electron chi connectivity index (χ1n) is 8.99. The van der Waals surface area contributed by atoms with E-state index >= 15 is 0 Å². The molecule has 1 N–H and O–H groups in total. The number of non-ortho nitro benzene ring substituents is 1. The molecule has 0 saturated carbocycles. The fraction of sp³-hybridized carbons (Fsp3) is 0.611. The molecule has 6 heteroatoms. The van der Waals surface area contributed by atoms with Crippen LogP contribution in [0.15, 0.2) is 24.3 Å². The number of nitrogens with zero attached hydrogens (tertiary/aromatic N) is 2. The van der Waals surface area contributed by atoms with Crippen LogP contribution in [0.3, 0.4) is 0 Å². The molecule has 0 spiro atoms. The maximum atomic E-state index is 12.7. The summed E-state index contributed by atoms with van der Waals surface area (Å²) >= 11 is 0. The van der Waals surface area contributed by atoms with Crippen molar-refractivity contribution in [3.63, 3.8) is 0 Å². The number of carbonyl (C=O) groups excluding carboxylic acids is 1. The standard InChI is InChI=1S/C18H25N3O3/c22-18(20-11-2-1-3-12-20)16-5-4-10-19(14-16)13-15-6-8-17(9-7-15)21(23)24/h6-9,16H,1-5,10-14H2/p+1. The Labute approximate surface area is 142 Å². The second kappa shape index (κ2) is 7.75. The first kappa shape index (κ1) is 16.9. The van der Waals surface area contributed by atoms with Gasteiger partial charge in [-0.15, -0.1) is 0 Å². The maximum absolute atomic E-state index is 12.7. The second-order valence-electron chi connectivity index (χ2n) is 7.03. The van der Waals surface area contributed by atoms with Gasteiger partial charge in [0.15, 0.2) is 0 Å². The van der Waals surface area contributed by atoms with Crippen molar-refractivity contribution in [2.24, 2.45) is 5.92 Å². The van der Waals surface area contributed by atoms with E-state index in [1.165, 1.54) is 11.3 Å². The van der Waals surface area contributed by atoms with Crippen molar-refractivity contribution in [2.45, 2.75) is 38.6 Å². The van der Waals surface area contributed by atoms with Gasteiger partial charge in [0.1, 0.15) is 6.54 Å². The summed E-state index contributed by atoms with van der Waals surface area (Å²) in [7, 11) is 0. The molecule has 0 bridgehead atoms. The fourth-order valence-electron chi connectivity index (χ4n) is 3.92. The Morgan fingerprint density at radius 2 is 1.88 bits per heavy atom. The average Bonchev–Trinajstić information content (AvgIpc) is 2.62. The number of piperidine rings is 2. The molecule has 2 saturated heterocycles. The van der Waals surface area contributed by atoms with Gasteiger partial charge in [-0.3, -0.25) is 14.9 Å². The van der Waals surface area contributed by atoms with Crippen LogP contribution in [-0.4, -0.2) is 41.9 Å². The van der Waals surface area contributed by atoms with Crippen molar-refractivity contribution in [1.29, 1.82) is 0 Å². The third-order valence-electron chi connectivity index (χ3n) is 5.24. The SMILES string of the molecule is O=C(C1CCC[NH+](Cc2ccc([N+](=O)[O-])cc2)C1)N1CCCCC1. The van der Waals surface area contributed by atoms with Gasteiger partial charge < -0.3 is 9.80 Å². The zero-order valence-electron chi connectivity index (χ0n) is 14.1. The lowest BCUT2D eigenvalue weighted by Crippen LogP contribution is -3.12. The van der Waals surface area contributed by atoms with Crippen molar-refractivity contribution in [3.8, 4) is 0 Å². The monoisotopic (exact) mass is 332 g/mol. The van der Waals surface area contributed by atoms with Crippen LogP contribution in [0.25, 0.3) is 0 Å². The van der Waals surface area contributed by atoms with Crippen LogP contribution in [-0.2, 0) is 11.3 Å². The first-order chi connectivity index (χ1) is 11.6. The van der Waals surface area contributed by atoms with E-state index in [4.69, 9.17) is 0 Å². The van der Waals surface area contributed by atoms with E-state index in [9.17, 15) is 14.9 Å². The molecule has 2 heterocycles. The lowest BCUT2D eigenvalue weighted by atomic mass is 9.95. The zero-order chi connectivity index (χ0) is 16.9. The number of rotatable bonds is 4. The number of nitrogens with one attached hydrogen (secondary N) is 1. The minimum absolute atomic E-state index is 0.130. The molecule has 0 radical (unpaired) electrons. The van der Waals surface area contributed by atoms with E-state index < -0.39 is 0 Å². The Bertz CT molecular complexity index is 582. The first-order valence-corrected chi connectivity index (χ1v) is 8.99. The maximum Gasteiger partial charge on any atom is 0.269 e. The Balaban J connectivity index is 1.56. The fourth-order valence-corrected chi connectivity index (χ4v) is 3.92. The summed E-state index contributed by atoms with van der Waals surface area (Å²) in [5.74, 6) is 0.487. The molecule has 0 aliphatic carbocycles. The van der Waals surface area contributed by atoms with Gasteiger partial charge in [0.2, 0.25) is 5.91 Å². The number of carbonyl (C=O) groups is 1. The number of nitro benzene ring substituents is 1. The van der Waals surface area contributed by atoms with E-state index in [-0.39, 0.29) is 16.5 Å². The van der Waals surface area contributed by atoms with Gasteiger partial charge in [0.25, 0.3) is 5.69 Å². The highest BCUT2D eigenvalue weighted by atomic mass is 16.6. The van der Waals surface area contributed by atoms with Crippen molar-refractivity contribution >= 4 is 11.6 Å². The lowest BCUT2D eigenvalue weighted by molar-refractivity contribution is -0.921. The molecule has 1 amide bonds. The molecule has 24 heavy (non-hydrogen) atoms. The summed E-state index contributed by atoms with van der Waals surface area (Å²) in [6.07, 6.45) is 5.59. The molecule has 0 aromatic heterocycles. The van der Waals surface area contributed by atoms with Crippen LogP contribution < -0.4 is 4.90 Å². The molecule has 1 aromatic rings. The van der Waals surface area contributed by atoms with Gasteiger partial charge in [-0.1, -0.05) is 0 Å².